The second-order valence-corrected chi connectivity index (χ2v) is 5.33. The molecule has 1 saturated heterocycles. The van der Waals surface area contributed by atoms with Gasteiger partial charge in [0, 0.05) is 5.92 Å². The lowest BCUT2D eigenvalue weighted by molar-refractivity contribution is -0.157. The van der Waals surface area contributed by atoms with Crippen LogP contribution in [0.15, 0.2) is 11.6 Å². The summed E-state index contributed by atoms with van der Waals surface area (Å²) in [6.07, 6.45) is 4.76. The molecule has 0 aromatic rings. The van der Waals surface area contributed by atoms with E-state index in [9.17, 15) is 5.11 Å². The highest BCUT2D eigenvalue weighted by Crippen LogP contribution is 2.51. The van der Waals surface area contributed by atoms with Crippen molar-refractivity contribution in [2.45, 2.75) is 44.7 Å². The maximum absolute atomic E-state index is 9.30. The summed E-state index contributed by atoms with van der Waals surface area (Å²) in [7, 11) is 0. The van der Waals surface area contributed by atoms with Crippen LogP contribution in [-0.2, 0) is 9.47 Å². The Bertz CT molecular complexity index is 308. The minimum Gasteiger partial charge on any atom is -0.392 e. The maximum Gasteiger partial charge on any atom is 0.163 e. The molecule has 3 rings (SSSR count). The molecule has 0 unspecified atom stereocenters. The first-order chi connectivity index (χ1) is 7.11. The zero-order chi connectivity index (χ0) is 10.6. The van der Waals surface area contributed by atoms with E-state index in [4.69, 9.17) is 9.47 Å². The van der Waals surface area contributed by atoms with Gasteiger partial charge in [-0.15, -0.1) is 0 Å². The SMILES string of the molecule is CC1(C)O[C@H]2[C@H]3C(CO)=CC[C@H]3C[C@H]2O1. The second kappa shape index (κ2) is 3.06. The van der Waals surface area contributed by atoms with Gasteiger partial charge in [0.05, 0.1) is 18.8 Å². The van der Waals surface area contributed by atoms with Crippen LogP contribution in [0.2, 0.25) is 0 Å². The largest absolute Gasteiger partial charge is 0.392 e. The van der Waals surface area contributed by atoms with Gasteiger partial charge in [-0.25, -0.2) is 0 Å². The van der Waals surface area contributed by atoms with Crippen molar-refractivity contribution in [2.24, 2.45) is 11.8 Å². The van der Waals surface area contributed by atoms with E-state index in [-0.39, 0.29) is 18.8 Å². The Kier molecular flexibility index (Phi) is 2.00. The Morgan fingerprint density at radius 1 is 1.47 bits per heavy atom. The molecule has 0 spiro atoms. The van der Waals surface area contributed by atoms with Crippen LogP contribution < -0.4 is 0 Å². The average molecular weight is 210 g/mol. The smallest absolute Gasteiger partial charge is 0.163 e. The highest BCUT2D eigenvalue weighted by Gasteiger charge is 2.55. The van der Waals surface area contributed by atoms with Gasteiger partial charge in [0.15, 0.2) is 5.79 Å². The molecule has 1 heterocycles. The van der Waals surface area contributed by atoms with Gasteiger partial charge in [-0.1, -0.05) is 6.08 Å². The molecular formula is C12H18O3. The summed E-state index contributed by atoms with van der Waals surface area (Å²) in [6, 6.07) is 0. The van der Waals surface area contributed by atoms with Gasteiger partial charge in [-0.05, 0) is 38.2 Å². The number of allylic oxidation sites excluding steroid dienone is 1. The van der Waals surface area contributed by atoms with Gasteiger partial charge in [0.2, 0.25) is 0 Å². The van der Waals surface area contributed by atoms with Crippen LogP contribution in [0.25, 0.3) is 0 Å². The van der Waals surface area contributed by atoms with Gasteiger partial charge in [-0.2, -0.15) is 0 Å². The summed E-state index contributed by atoms with van der Waals surface area (Å²) in [4.78, 5) is 0. The van der Waals surface area contributed by atoms with Crippen LogP contribution >= 0.6 is 0 Å². The van der Waals surface area contributed by atoms with Crippen LogP contribution in [0.5, 0.6) is 0 Å². The minimum atomic E-state index is -0.441. The van der Waals surface area contributed by atoms with E-state index in [2.05, 4.69) is 6.08 Å². The number of aliphatic hydroxyl groups is 1. The van der Waals surface area contributed by atoms with E-state index in [0.29, 0.717) is 11.8 Å². The highest BCUT2D eigenvalue weighted by molar-refractivity contribution is 5.22. The summed E-state index contributed by atoms with van der Waals surface area (Å²) in [5.74, 6) is 0.601. The van der Waals surface area contributed by atoms with Crippen molar-refractivity contribution in [1.29, 1.82) is 0 Å². The molecule has 1 aliphatic heterocycles. The molecule has 1 N–H and O–H groups in total. The molecule has 0 bridgehead atoms. The van der Waals surface area contributed by atoms with Crippen molar-refractivity contribution < 1.29 is 14.6 Å². The maximum atomic E-state index is 9.30. The number of rotatable bonds is 1. The summed E-state index contributed by atoms with van der Waals surface area (Å²) >= 11 is 0. The molecule has 0 amide bonds. The first-order valence-corrected chi connectivity index (χ1v) is 5.76. The average Bonchev–Trinajstić information content (AvgIpc) is 2.73. The quantitative estimate of drug-likeness (QED) is 0.666. The monoisotopic (exact) mass is 210 g/mol. The lowest BCUT2D eigenvalue weighted by Gasteiger charge is -2.23. The normalized spacial score (nSPS) is 46.5. The molecule has 15 heavy (non-hydrogen) atoms. The van der Waals surface area contributed by atoms with Gasteiger partial charge >= 0.3 is 0 Å². The summed E-state index contributed by atoms with van der Waals surface area (Å²) in [6.45, 7) is 4.11. The number of ether oxygens (including phenoxy) is 2. The predicted octanol–water partition coefficient (Wildman–Crippen LogP) is 1.46. The molecule has 0 radical (unpaired) electrons. The fourth-order valence-electron chi connectivity index (χ4n) is 3.43. The van der Waals surface area contributed by atoms with E-state index in [1.165, 1.54) is 0 Å². The fourth-order valence-corrected chi connectivity index (χ4v) is 3.43. The molecule has 0 aromatic carbocycles. The van der Waals surface area contributed by atoms with Crippen molar-refractivity contribution in [1.82, 2.24) is 0 Å². The zero-order valence-electron chi connectivity index (χ0n) is 9.27. The van der Waals surface area contributed by atoms with Crippen LogP contribution in [0.4, 0.5) is 0 Å². The Balaban J connectivity index is 1.84. The number of hydrogen-bond donors (Lipinski definition) is 1. The zero-order valence-corrected chi connectivity index (χ0v) is 9.27. The van der Waals surface area contributed by atoms with Crippen LogP contribution in [0.1, 0.15) is 26.7 Å². The Morgan fingerprint density at radius 3 is 3.00 bits per heavy atom. The first kappa shape index (κ1) is 9.82. The van der Waals surface area contributed by atoms with E-state index < -0.39 is 5.79 Å². The second-order valence-electron chi connectivity index (χ2n) is 5.33. The molecule has 2 fully saturated rings. The fraction of sp³-hybridized carbons (Fsp3) is 0.833. The summed E-state index contributed by atoms with van der Waals surface area (Å²) < 4.78 is 11.8. The number of fused-ring (bicyclic) bond motifs is 3. The molecule has 84 valence electrons. The lowest BCUT2D eigenvalue weighted by Crippen LogP contribution is -2.28. The van der Waals surface area contributed by atoms with Crippen LogP contribution in [-0.4, -0.2) is 29.7 Å². The van der Waals surface area contributed by atoms with Gasteiger partial charge in [-0.3, -0.25) is 0 Å². The molecule has 3 heteroatoms. The van der Waals surface area contributed by atoms with E-state index in [0.717, 1.165) is 18.4 Å². The lowest BCUT2D eigenvalue weighted by atomic mass is 9.93. The van der Waals surface area contributed by atoms with Crippen molar-refractivity contribution in [3.05, 3.63) is 11.6 Å². The van der Waals surface area contributed by atoms with Gasteiger partial charge in [0.25, 0.3) is 0 Å². The molecule has 1 saturated carbocycles. The van der Waals surface area contributed by atoms with Crippen molar-refractivity contribution >= 4 is 0 Å². The third kappa shape index (κ3) is 1.37. The number of aliphatic hydroxyl groups excluding tert-OH is 1. The molecule has 3 nitrogen and oxygen atoms in total. The summed E-state index contributed by atoms with van der Waals surface area (Å²) in [5.41, 5.74) is 1.16. The third-order valence-corrected chi connectivity index (χ3v) is 3.91. The highest BCUT2D eigenvalue weighted by atomic mass is 16.8. The van der Waals surface area contributed by atoms with Gasteiger partial charge in [0.1, 0.15) is 0 Å². The minimum absolute atomic E-state index is 0.172. The molecule has 2 aliphatic carbocycles. The third-order valence-electron chi connectivity index (χ3n) is 3.91. The Labute approximate surface area is 90.1 Å². The predicted molar refractivity (Wildman–Crippen MR) is 55.2 cm³/mol. The first-order valence-electron chi connectivity index (χ1n) is 5.76. The van der Waals surface area contributed by atoms with Crippen LogP contribution in [0.3, 0.4) is 0 Å². The topological polar surface area (TPSA) is 38.7 Å². The van der Waals surface area contributed by atoms with E-state index in [1.54, 1.807) is 0 Å². The molecule has 0 aromatic heterocycles. The van der Waals surface area contributed by atoms with E-state index in [1.807, 2.05) is 13.8 Å². The van der Waals surface area contributed by atoms with Crippen molar-refractivity contribution in [3.63, 3.8) is 0 Å². The Hall–Kier alpha value is -0.380. The standard InChI is InChI=1S/C12H18O3/c1-12(2)14-9-5-7-3-4-8(6-13)10(7)11(9)15-12/h4,7,9-11,13H,3,5-6H2,1-2H3/t7-,9+,10+,11+/m0/s1. The van der Waals surface area contributed by atoms with Crippen molar-refractivity contribution in [3.8, 4) is 0 Å². The molecular weight excluding hydrogens is 192 g/mol. The Morgan fingerprint density at radius 2 is 2.27 bits per heavy atom. The molecule has 4 atom stereocenters. The molecule has 3 aliphatic rings. The van der Waals surface area contributed by atoms with Crippen LogP contribution in [0, 0.1) is 11.8 Å². The van der Waals surface area contributed by atoms with Gasteiger partial charge < -0.3 is 14.6 Å². The van der Waals surface area contributed by atoms with Crippen molar-refractivity contribution in [2.75, 3.05) is 6.61 Å². The number of hydrogen-bond acceptors (Lipinski definition) is 3. The van der Waals surface area contributed by atoms with E-state index >= 15 is 0 Å². The summed E-state index contributed by atoms with van der Waals surface area (Å²) in [5, 5.41) is 9.30.